The number of fused-ring (bicyclic) bond motifs is 3. The zero-order valence-corrected chi connectivity index (χ0v) is 12.5. The van der Waals surface area contributed by atoms with Crippen molar-refractivity contribution in [3.8, 4) is 11.3 Å². The summed E-state index contributed by atoms with van der Waals surface area (Å²) in [4.78, 5) is 22.1. The van der Waals surface area contributed by atoms with Crippen LogP contribution >= 0.6 is 0 Å². The number of nitrogens with one attached hydrogen (secondary N) is 2. The van der Waals surface area contributed by atoms with Crippen LogP contribution in [0.1, 0.15) is 23.3 Å². The Kier molecular flexibility index (Phi) is 3.42. The lowest BCUT2D eigenvalue weighted by atomic mass is 9.84. The van der Waals surface area contributed by atoms with Gasteiger partial charge in [0.2, 0.25) is 0 Å². The number of nitrogens with zero attached hydrogens (tertiary/aromatic N) is 2. The number of piperidine rings is 3. The van der Waals surface area contributed by atoms with Crippen LogP contribution in [0.3, 0.4) is 0 Å². The fourth-order valence-electron chi connectivity index (χ4n) is 3.60. The molecule has 5 nitrogen and oxygen atoms in total. The fraction of sp³-hybridized carbons (Fsp3) is 0.412. The summed E-state index contributed by atoms with van der Waals surface area (Å²) < 4.78 is 0. The van der Waals surface area contributed by atoms with Gasteiger partial charge in [-0.05, 0) is 56.1 Å². The molecule has 1 atom stereocenters. The van der Waals surface area contributed by atoms with Gasteiger partial charge in [0.05, 0.1) is 0 Å². The number of H-pyrrole nitrogens is 1. The van der Waals surface area contributed by atoms with Crippen molar-refractivity contribution >= 4 is 5.91 Å². The van der Waals surface area contributed by atoms with E-state index >= 15 is 0 Å². The van der Waals surface area contributed by atoms with Gasteiger partial charge in [-0.15, -0.1) is 0 Å². The van der Waals surface area contributed by atoms with Gasteiger partial charge in [0, 0.05) is 36.2 Å². The number of aromatic nitrogens is 2. The number of hydrogen-bond acceptors (Lipinski definition) is 3. The van der Waals surface area contributed by atoms with Crippen molar-refractivity contribution in [2.75, 3.05) is 19.6 Å². The highest BCUT2D eigenvalue weighted by molar-refractivity contribution is 5.93. The quantitative estimate of drug-likeness (QED) is 0.909. The molecule has 22 heavy (non-hydrogen) atoms. The van der Waals surface area contributed by atoms with E-state index in [4.69, 9.17) is 0 Å². The first-order valence-corrected chi connectivity index (χ1v) is 7.92. The topological polar surface area (TPSA) is 61.0 Å². The Hall–Kier alpha value is -2.14. The van der Waals surface area contributed by atoms with Crippen molar-refractivity contribution in [3.63, 3.8) is 0 Å². The van der Waals surface area contributed by atoms with Crippen molar-refractivity contribution in [1.82, 2.24) is 20.2 Å². The van der Waals surface area contributed by atoms with E-state index in [1.807, 2.05) is 24.3 Å². The van der Waals surface area contributed by atoms with Crippen LogP contribution in [-0.4, -0.2) is 46.5 Å². The Morgan fingerprint density at radius 3 is 2.64 bits per heavy atom. The summed E-state index contributed by atoms with van der Waals surface area (Å²) in [6, 6.07) is 7.96. The lowest BCUT2D eigenvalue weighted by molar-refractivity contribution is 0.0618. The molecule has 0 unspecified atom stereocenters. The Morgan fingerprint density at radius 2 is 1.95 bits per heavy atom. The van der Waals surface area contributed by atoms with Gasteiger partial charge in [-0.25, -0.2) is 0 Å². The van der Waals surface area contributed by atoms with Gasteiger partial charge >= 0.3 is 0 Å². The van der Waals surface area contributed by atoms with Gasteiger partial charge in [0.25, 0.3) is 5.91 Å². The molecule has 2 N–H and O–H groups in total. The van der Waals surface area contributed by atoms with Gasteiger partial charge in [-0.3, -0.25) is 9.78 Å². The highest BCUT2D eigenvalue weighted by atomic mass is 16.2. The summed E-state index contributed by atoms with van der Waals surface area (Å²) >= 11 is 0. The van der Waals surface area contributed by atoms with Gasteiger partial charge in [-0.2, -0.15) is 0 Å². The Bertz CT molecular complexity index is 658. The zero-order valence-electron chi connectivity index (χ0n) is 12.5. The van der Waals surface area contributed by atoms with E-state index in [0.717, 1.165) is 17.8 Å². The van der Waals surface area contributed by atoms with Gasteiger partial charge < -0.3 is 15.2 Å². The van der Waals surface area contributed by atoms with Crippen LogP contribution in [0, 0.1) is 5.92 Å². The second-order valence-electron chi connectivity index (χ2n) is 6.24. The highest BCUT2D eigenvalue weighted by Gasteiger charge is 2.35. The molecule has 0 saturated carbocycles. The molecular weight excluding hydrogens is 276 g/mol. The summed E-state index contributed by atoms with van der Waals surface area (Å²) in [5.41, 5.74) is 2.61. The first-order chi connectivity index (χ1) is 10.8. The maximum atomic E-state index is 12.5. The summed E-state index contributed by atoms with van der Waals surface area (Å²) in [5, 5.41) is 3.21. The number of hydrogen-bond donors (Lipinski definition) is 2. The minimum absolute atomic E-state index is 0.000874. The zero-order chi connectivity index (χ0) is 14.9. The van der Waals surface area contributed by atoms with E-state index in [0.29, 0.717) is 17.7 Å². The Balaban J connectivity index is 1.46. The van der Waals surface area contributed by atoms with E-state index < -0.39 is 0 Å². The van der Waals surface area contributed by atoms with E-state index in [1.54, 1.807) is 12.4 Å². The molecule has 2 bridgehead atoms. The van der Waals surface area contributed by atoms with Crippen LogP contribution in [0.5, 0.6) is 0 Å². The molecule has 5 heterocycles. The number of aromatic amines is 1. The fourth-order valence-corrected chi connectivity index (χ4v) is 3.60. The molecule has 3 fully saturated rings. The van der Waals surface area contributed by atoms with Crippen LogP contribution in [0.25, 0.3) is 11.3 Å². The number of pyridine rings is 1. The second kappa shape index (κ2) is 5.57. The second-order valence-corrected chi connectivity index (χ2v) is 6.24. The highest BCUT2D eigenvalue weighted by Crippen LogP contribution is 2.27. The average Bonchev–Trinajstić information content (AvgIpc) is 3.07. The molecular formula is C17H20N4O. The number of carbonyl (C=O) groups excluding carboxylic acids is 1. The van der Waals surface area contributed by atoms with Crippen molar-refractivity contribution < 1.29 is 4.79 Å². The van der Waals surface area contributed by atoms with E-state index in [2.05, 4.69) is 20.2 Å². The third-order valence-corrected chi connectivity index (χ3v) is 4.89. The summed E-state index contributed by atoms with van der Waals surface area (Å²) in [6.07, 6.45) is 5.92. The van der Waals surface area contributed by atoms with Gasteiger partial charge in [0.1, 0.15) is 5.69 Å². The van der Waals surface area contributed by atoms with Crippen molar-refractivity contribution in [3.05, 3.63) is 42.4 Å². The minimum Gasteiger partial charge on any atom is -0.351 e. The molecule has 0 aliphatic carbocycles. The molecule has 2 aromatic rings. The predicted molar refractivity (Wildman–Crippen MR) is 84.4 cm³/mol. The molecule has 5 rings (SSSR count). The van der Waals surface area contributed by atoms with E-state index in [1.165, 1.54) is 25.9 Å². The van der Waals surface area contributed by atoms with Crippen molar-refractivity contribution in [1.29, 1.82) is 0 Å². The molecule has 0 aromatic carbocycles. The molecule has 5 heteroatoms. The Morgan fingerprint density at radius 1 is 1.18 bits per heavy atom. The standard InChI is InChI=1S/C17H20N4O/c22-17(20-16-11-21-9-5-13(16)6-10-21)15-2-1-14(19-15)12-3-7-18-8-4-12/h1-4,7-8,13,16,19H,5-6,9-11H2,(H,20,22)/t16-/m0/s1. The maximum absolute atomic E-state index is 12.5. The smallest absolute Gasteiger partial charge is 0.267 e. The minimum atomic E-state index is -0.000874. The molecule has 1 amide bonds. The van der Waals surface area contributed by atoms with Crippen LogP contribution in [0.4, 0.5) is 0 Å². The van der Waals surface area contributed by atoms with Crippen LogP contribution in [-0.2, 0) is 0 Å². The average molecular weight is 296 g/mol. The summed E-state index contributed by atoms with van der Waals surface area (Å²) in [7, 11) is 0. The van der Waals surface area contributed by atoms with E-state index in [-0.39, 0.29) is 5.91 Å². The van der Waals surface area contributed by atoms with Crippen LogP contribution < -0.4 is 5.32 Å². The molecule has 0 radical (unpaired) electrons. The molecule has 2 aromatic heterocycles. The van der Waals surface area contributed by atoms with Crippen LogP contribution in [0.2, 0.25) is 0 Å². The first kappa shape index (κ1) is 13.5. The third kappa shape index (κ3) is 2.52. The maximum Gasteiger partial charge on any atom is 0.267 e. The molecule has 3 aliphatic rings. The monoisotopic (exact) mass is 296 g/mol. The molecule has 3 aliphatic heterocycles. The number of rotatable bonds is 3. The van der Waals surface area contributed by atoms with Gasteiger partial charge in [0.15, 0.2) is 0 Å². The third-order valence-electron chi connectivity index (χ3n) is 4.89. The molecule has 0 spiro atoms. The molecule has 3 saturated heterocycles. The number of amides is 1. The predicted octanol–water partition coefficient (Wildman–Crippen LogP) is 1.90. The SMILES string of the molecule is O=C(N[C@H]1CN2CCC1CC2)c1ccc(-c2ccncc2)[nH]1. The summed E-state index contributed by atoms with van der Waals surface area (Å²) in [6.45, 7) is 3.37. The number of carbonyl (C=O) groups is 1. The van der Waals surface area contributed by atoms with Crippen LogP contribution in [0.15, 0.2) is 36.7 Å². The van der Waals surface area contributed by atoms with E-state index in [9.17, 15) is 4.79 Å². The van der Waals surface area contributed by atoms with Crippen molar-refractivity contribution in [2.45, 2.75) is 18.9 Å². The molecule has 114 valence electrons. The summed E-state index contributed by atoms with van der Waals surface area (Å²) in [5.74, 6) is 0.641. The normalized spacial score (nSPS) is 26.8. The first-order valence-electron chi connectivity index (χ1n) is 7.92. The Labute approximate surface area is 129 Å². The largest absolute Gasteiger partial charge is 0.351 e. The lowest BCUT2D eigenvalue weighted by Gasteiger charge is -2.44. The van der Waals surface area contributed by atoms with Crippen molar-refractivity contribution in [2.24, 2.45) is 5.92 Å². The lowest BCUT2D eigenvalue weighted by Crippen LogP contribution is -2.57. The van der Waals surface area contributed by atoms with Gasteiger partial charge in [-0.1, -0.05) is 0 Å².